The summed E-state index contributed by atoms with van der Waals surface area (Å²) >= 11 is 4.36. The normalized spacial score (nSPS) is 14.9. The summed E-state index contributed by atoms with van der Waals surface area (Å²) in [5.41, 5.74) is 5.04. The lowest BCUT2D eigenvalue weighted by atomic mass is 10.1. The van der Waals surface area contributed by atoms with E-state index in [1.807, 2.05) is 57.2 Å². The van der Waals surface area contributed by atoms with Crippen molar-refractivity contribution in [3.8, 4) is 5.75 Å². The number of nitrogens with one attached hydrogen (secondary N) is 1. The van der Waals surface area contributed by atoms with E-state index in [0.717, 1.165) is 34.5 Å². The molecular formula is C27H22I2N2O4. The zero-order valence-electron chi connectivity index (χ0n) is 19.3. The summed E-state index contributed by atoms with van der Waals surface area (Å²) in [5.74, 6) is -0.639. The Hall–Kier alpha value is -2.73. The SMILES string of the molecule is Cc1cccc(COc2c(I)cc(/C=C3\C(=O)NC(=O)N(c4cc(C)cc(C)c4)C3=O)cc2I)c1. The fraction of sp³-hybridized carbons (Fsp3) is 0.148. The molecule has 178 valence electrons. The molecule has 0 radical (unpaired) electrons. The molecule has 1 fully saturated rings. The number of halogens is 2. The Kier molecular flexibility index (Phi) is 7.60. The predicted molar refractivity (Wildman–Crippen MR) is 152 cm³/mol. The van der Waals surface area contributed by atoms with Crippen molar-refractivity contribution in [3.05, 3.63) is 95.1 Å². The molecule has 3 aromatic carbocycles. The maximum atomic E-state index is 13.2. The lowest BCUT2D eigenvalue weighted by Crippen LogP contribution is -2.54. The molecule has 0 aliphatic carbocycles. The molecule has 35 heavy (non-hydrogen) atoms. The summed E-state index contributed by atoms with van der Waals surface area (Å²) < 4.78 is 7.77. The summed E-state index contributed by atoms with van der Waals surface area (Å²) in [7, 11) is 0. The van der Waals surface area contributed by atoms with Crippen LogP contribution in [0.25, 0.3) is 6.08 Å². The van der Waals surface area contributed by atoms with Gasteiger partial charge in [-0.05, 0) is 119 Å². The monoisotopic (exact) mass is 692 g/mol. The van der Waals surface area contributed by atoms with Crippen LogP contribution in [-0.2, 0) is 16.2 Å². The summed E-state index contributed by atoms with van der Waals surface area (Å²) in [6, 6.07) is 16.5. The van der Waals surface area contributed by atoms with Crippen LogP contribution in [0.2, 0.25) is 0 Å². The van der Waals surface area contributed by atoms with Crippen molar-refractivity contribution in [1.82, 2.24) is 5.32 Å². The van der Waals surface area contributed by atoms with Gasteiger partial charge in [0.1, 0.15) is 17.9 Å². The molecule has 8 heteroatoms. The van der Waals surface area contributed by atoms with Crippen molar-refractivity contribution in [1.29, 1.82) is 0 Å². The standard InChI is InChI=1S/C27H22I2N2O4/c1-15-5-4-6-18(8-15)14-35-24-22(28)12-19(13-23(24)29)11-21-25(32)30-27(34)31(26(21)33)20-9-16(2)7-17(3)10-20/h4-13H,14H2,1-3H3,(H,30,32,34)/b21-11+. The Morgan fingerprint density at radius 3 is 2.17 bits per heavy atom. The highest BCUT2D eigenvalue weighted by atomic mass is 127. The van der Waals surface area contributed by atoms with Gasteiger partial charge in [-0.1, -0.05) is 35.9 Å². The van der Waals surface area contributed by atoms with Crippen LogP contribution in [0.1, 0.15) is 27.8 Å². The lowest BCUT2D eigenvalue weighted by molar-refractivity contribution is -0.122. The maximum Gasteiger partial charge on any atom is 0.335 e. The van der Waals surface area contributed by atoms with Gasteiger partial charge in [0, 0.05) is 0 Å². The van der Waals surface area contributed by atoms with Crippen LogP contribution in [0.5, 0.6) is 5.75 Å². The molecule has 0 aromatic heterocycles. The minimum atomic E-state index is -0.758. The average molecular weight is 692 g/mol. The number of aryl methyl sites for hydroxylation is 3. The third-order valence-corrected chi connectivity index (χ3v) is 6.97. The molecule has 1 N–H and O–H groups in total. The van der Waals surface area contributed by atoms with Crippen molar-refractivity contribution in [2.24, 2.45) is 0 Å². The number of carbonyl (C=O) groups excluding carboxylic acids is 3. The molecule has 1 aliphatic rings. The highest BCUT2D eigenvalue weighted by Gasteiger charge is 2.37. The Morgan fingerprint density at radius 1 is 0.886 bits per heavy atom. The largest absolute Gasteiger partial charge is 0.487 e. The summed E-state index contributed by atoms with van der Waals surface area (Å²) in [6.07, 6.45) is 1.51. The number of amides is 4. The fourth-order valence-electron chi connectivity index (χ4n) is 3.90. The van der Waals surface area contributed by atoms with E-state index in [9.17, 15) is 14.4 Å². The molecule has 6 nitrogen and oxygen atoms in total. The molecule has 4 amide bonds. The number of hydrogen-bond acceptors (Lipinski definition) is 4. The van der Waals surface area contributed by atoms with Crippen molar-refractivity contribution in [2.75, 3.05) is 4.90 Å². The zero-order chi connectivity index (χ0) is 25.3. The van der Waals surface area contributed by atoms with Gasteiger partial charge in [0.2, 0.25) is 0 Å². The van der Waals surface area contributed by atoms with Crippen LogP contribution >= 0.6 is 45.2 Å². The molecule has 0 saturated carbocycles. The minimum absolute atomic E-state index is 0.108. The van der Waals surface area contributed by atoms with E-state index in [1.54, 1.807) is 12.1 Å². The molecule has 1 aliphatic heterocycles. The zero-order valence-corrected chi connectivity index (χ0v) is 23.6. The Bertz CT molecular complexity index is 1350. The van der Waals surface area contributed by atoms with Crippen LogP contribution in [0.15, 0.2) is 60.2 Å². The van der Waals surface area contributed by atoms with Crippen molar-refractivity contribution in [3.63, 3.8) is 0 Å². The van der Waals surface area contributed by atoms with Crippen molar-refractivity contribution in [2.45, 2.75) is 27.4 Å². The van der Waals surface area contributed by atoms with Crippen LogP contribution in [0.3, 0.4) is 0 Å². The summed E-state index contributed by atoms with van der Waals surface area (Å²) in [6.45, 7) is 6.24. The number of anilines is 1. The van der Waals surface area contributed by atoms with E-state index in [0.29, 0.717) is 17.9 Å². The van der Waals surface area contributed by atoms with E-state index in [1.165, 1.54) is 11.6 Å². The van der Waals surface area contributed by atoms with E-state index in [2.05, 4.69) is 56.6 Å². The minimum Gasteiger partial charge on any atom is -0.487 e. The number of benzene rings is 3. The van der Waals surface area contributed by atoms with Gasteiger partial charge in [-0.25, -0.2) is 9.69 Å². The second-order valence-electron chi connectivity index (χ2n) is 8.40. The smallest absolute Gasteiger partial charge is 0.335 e. The molecule has 3 aromatic rings. The topological polar surface area (TPSA) is 75.7 Å². The number of nitrogens with zero attached hydrogens (tertiary/aromatic N) is 1. The number of barbiturate groups is 1. The number of rotatable bonds is 5. The van der Waals surface area contributed by atoms with Crippen LogP contribution in [0.4, 0.5) is 10.5 Å². The molecule has 4 rings (SSSR count). The van der Waals surface area contributed by atoms with Gasteiger partial charge in [-0.3, -0.25) is 14.9 Å². The maximum absolute atomic E-state index is 13.2. The number of carbonyl (C=O) groups is 3. The Morgan fingerprint density at radius 2 is 1.54 bits per heavy atom. The third-order valence-electron chi connectivity index (χ3n) is 5.36. The van der Waals surface area contributed by atoms with E-state index >= 15 is 0 Å². The molecule has 1 heterocycles. The molecular weight excluding hydrogens is 670 g/mol. The summed E-state index contributed by atoms with van der Waals surface area (Å²) in [4.78, 5) is 39.4. The summed E-state index contributed by atoms with van der Waals surface area (Å²) in [5, 5.41) is 2.28. The van der Waals surface area contributed by atoms with Gasteiger partial charge in [-0.2, -0.15) is 0 Å². The second kappa shape index (κ2) is 10.5. The molecule has 0 unspecified atom stereocenters. The molecule has 0 atom stereocenters. The van der Waals surface area contributed by atoms with Gasteiger partial charge in [0.05, 0.1) is 12.8 Å². The van der Waals surface area contributed by atoms with Crippen LogP contribution in [0, 0.1) is 27.9 Å². The first-order valence-electron chi connectivity index (χ1n) is 10.8. The van der Waals surface area contributed by atoms with Gasteiger partial charge >= 0.3 is 6.03 Å². The highest BCUT2D eigenvalue weighted by Crippen LogP contribution is 2.31. The number of ether oxygens (including phenoxy) is 1. The number of urea groups is 1. The highest BCUT2D eigenvalue weighted by molar-refractivity contribution is 14.1. The van der Waals surface area contributed by atoms with Gasteiger partial charge in [0.25, 0.3) is 11.8 Å². The van der Waals surface area contributed by atoms with E-state index in [4.69, 9.17) is 4.74 Å². The quantitative estimate of drug-likeness (QED) is 0.200. The van der Waals surface area contributed by atoms with Gasteiger partial charge in [-0.15, -0.1) is 0 Å². The molecule has 0 spiro atoms. The third kappa shape index (κ3) is 5.75. The van der Waals surface area contributed by atoms with E-state index in [-0.39, 0.29) is 5.57 Å². The average Bonchev–Trinajstić information content (AvgIpc) is 2.75. The first-order valence-corrected chi connectivity index (χ1v) is 13.0. The van der Waals surface area contributed by atoms with Crippen molar-refractivity contribution >= 4 is 74.8 Å². The van der Waals surface area contributed by atoms with Gasteiger partial charge in [0.15, 0.2) is 0 Å². The number of hydrogen-bond donors (Lipinski definition) is 1. The van der Waals surface area contributed by atoms with Gasteiger partial charge < -0.3 is 4.74 Å². The first kappa shape index (κ1) is 25.4. The Labute approximate surface area is 231 Å². The number of imide groups is 2. The predicted octanol–water partition coefficient (Wildman–Crippen LogP) is 6.07. The fourth-order valence-corrected chi connectivity index (χ4v) is 6.02. The molecule has 1 saturated heterocycles. The van der Waals surface area contributed by atoms with E-state index < -0.39 is 17.8 Å². The first-order chi connectivity index (χ1) is 16.6. The second-order valence-corrected chi connectivity index (χ2v) is 10.7. The van der Waals surface area contributed by atoms with Crippen LogP contribution in [-0.4, -0.2) is 17.8 Å². The van der Waals surface area contributed by atoms with Crippen molar-refractivity contribution < 1.29 is 19.1 Å². The molecule has 0 bridgehead atoms. The lowest BCUT2D eigenvalue weighted by Gasteiger charge is -2.27. The van der Waals surface area contributed by atoms with Crippen LogP contribution < -0.4 is 15.0 Å². The Balaban J connectivity index is 1.62.